The smallest absolute Gasteiger partial charge is 0.338 e. The van der Waals surface area contributed by atoms with E-state index in [2.05, 4.69) is 11.8 Å². The zero-order valence-electron chi connectivity index (χ0n) is 15.2. The van der Waals surface area contributed by atoms with E-state index in [0.717, 1.165) is 27.8 Å². The zero-order valence-corrected chi connectivity index (χ0v) is 15.2. The van der Waals surface area contributed by atoms with Gasteiger partial charge in [-0.05, 0) is 47.9 Å². The fraction of sp³-hybridized carbons (Fsp3) is 0.0833. The predicted molar refractivity (Wildman–Crippen MR) is 108 cm³/mol. The second-order valence-corrected chi connectivity index (χ2v) is 6.04. The van der Waals surface area contributed by atoms with Crippen molar-refractivity contribution in [2.75, 3.05) is 7.11 Å². The van der Waals surface area contributed by atoms with E-state index in [1.165, 1.54) is 7.11 Å². The Morgan fingerprint density at radius 1 is 0.852 bits per heavy atom. The summed E-state index contributed by atoms with van der Waals surface area (Å²) >= 11 is 0. The molecule has 0 aliphatic heterocycles. The van der Waals surface area contributed by atoms with Gasteiger partial charge in [0, 0.05) is 16.8 Å². The van der Waals surface area contributed by atoms with Gasteiger partial charge >= 0.3 is 5.97 Å². The molecule has 132 valence electrons. The molecule has 3 rings (SSSR count). The number of methoxy groups -OCH3 is 1. The van der Waals surface area contributed by atoms with Crippen molar-refractivity contribution in [3.05, 3.63) is 95.1 Å². The zero-order chi connectivity index (χ0) is 19.2. The maximum absolute atomic E-state index is 12.1. The van der Waals surface area contributed by atoms with Crippen molar-refractivity contribution in [1.29, 1.82) is 5.41 Å². The fourth-order valence-electron chi connectivity index (χ4n) is 2.78. The summed E-state index contributed by atoms with van der Waals surface area (Å²) in [5, 5.41) is 7.66. The normalized spacial score (nSPS) is 9.85. The van der Waals surface area contributed by atoms with Gasteiger partial charge in [0.05, 0.1) is 12.7 Å². The molecular weight excluding hydrogens is 334 g/mol. The predicted octanol–water partition coefficient (Wildman–Crippen LogP) is 4.93. The van der Waals surface area contributed by atoms with Gasteiger partial charge in [-0.1, -0.05) is 60.4 Å². The van der Waals surface area contributed by atoms with E-state index in [1.54, 1.807) is 13.0 Å². The maximum Gasteiger partial charge on any atom is 0.338 e. The van der Waals surface area contributed by atoms with Gasteiger partial charge in [-0.3, -0.25) is 0 Å². The number of ether oxygens (including phenoxy) is 1. The average Bonchev–Trinajstić information content (AvgIpc) is 2.72. The first-order chi connectivity index (χ1) is 13.1. The van der Waals surface area contributed by atoms with E-state index in [4.69, 9.17) is 10.1 Å². The van der Waals surface area contributed by atoms with Crippen LogP contribution in [0.1, 0.15) is 34.0 Å². The standard InChI is InChI=1S/C24H19NO2/c1-17(25)19-14-11-18(12-15-19)13-16-20-7-3-4-8-21(20)22-9-5-6-10-23(22)24(26)27-2/h3-12,14-15,25H,1-2H3. The van der Waals surface area contributed by atoms with Crippen LogP contribution in [0.15, 0.2) is 72.8 Å². The molecule has 0 aromatic heterocycles. The van der Waals surface area contributed by atoms with Crippen molar-refractivity contribution in [2.24, 2.45) is 0 Å². The van der Waals surface area contributed by atoms with Crippen LogP contribution in [-0.4, -0.2) is 18.8 Å². The molecule has 0 aliphatic carbocycles. The number of hydrogen-bond acceptors (Lipinski definition) is 3. The molecule has 0 saturated carbocycles. The Hall–Kier alpha value is -3.64. The Kier molecular flexibility index (Phi) is 5.49. The van der Waals surface area contributed by atoms with E-state index in [1.807, 2.05) is 66.7 Å². The van der Waals surface area contributed by atoms with Crippen LogP contribution in [0.2, 0.25) is 0 Å². The minimum Gasteiger partial charge on any atom is -0.465 e. The van der Waals surface area contributed by atoms with Crippen molar-refractivity contribution in [1.82, 2.24) is 0 Å². The third kappa shape index (κ3) is 4.13. The van der Waals surface area contributed by atoms with E-state index in [9.17, 15) is 4.79 Å². The highest BCUT2D eigenvalue weighted by atomic mass is 16.5. The van der Waals surface area contributed by atoms with Crippen LogP contribution in [0.25, 0.3) is 11.1 Å². The van der Waals surface area contributed by atoms with Crippen LogP contribution < -0.4 is 0 Å². The van der Waals surface area contributed by atoms with Gasteiger partial charge in [-0.25, -0.2) is 4.79 Å². The number of carbonyl (C=O) groups excluding carboxylic acids is 1. The fourth-order valence-corrected chi connectivity index (χ4v) is 2.78. The van der Waals surface area contributed by atoms with Gasteiger partial charge in [-0.15, -0.1) is 0 Å². The number of hydrogen-bond donors (Lipinski definition) is 1. The Bertz CT molecular complexity index is 1050. The molecule has 27 heavy (non-hydrogen) atoms. The molecule has 0 aliphatic rings. The maximum atomic E-state index is 12.1. The molecule has 0 heterocycles. The Morgan fingerprint density at radius 2 is 1.48 bits per heavy atom. The van der Waals surface area contributed by atoms with Crippen LogP contribution in [0.4, 0.5) is 0 Å². The van der Waals surface area contributed by atoms with Crippen molar-refractivity contribution < 1.29 is 9.53 Å². The summed E-state index contributed by atoms with van der Waals surface area (Å²) in [6, 6.07) is 22.7. The molecule has 0 saturated heterocycles. The highest BCUT2D eigenvalue weighted by Crippen LogP contribution is 2.27. The second-order valence-electron chi connectivity index (χ2n) is 6.04. The van der Waals surface area contributed by atoms with Gasteiger partial charge in [0.2, 0.25) is 0 Å². The summed E-state index contributed by atoms with van der Waals surface area (Å²) in [4.78, 5) is 12.1. The molecule has 0 amide bonds. The number of benzene rings is 3. The lowest BCUT2D eigenvalue weighted by Gasteiger charge is -2.09. The lowest BCUT2D eigenvalue weighted by atomic mass is 9.95. The molecule has 3 nitrogen and oxygen atoms in total. The molecule has 3 aromatic rings. The first-order valence-electron chi connectivity index (χ1n) is 8.54. The summed E-state index contributed by atoms with van der Waals surface area (Å²) in [5.74, 6) is 6.00. The highest BCUT2D eigenvalue weighted by molar-refractivity contribution is 5.98. The minimum absolute atomic E-state index is 0.369. The molecule has 1 N–H and O–H groups in total. The van der Waals surface area contributed by atoms with Gasteiger partial charge in [0.25, 0.3) is 0 Å². The number of carbonyl (C=O) groups is 1. The SMILES string of the molecule is COC(=O)c1ccccc1-c1ccccc1C#Cc1ccc(C(C)=N)cc1. The van der Waals surface area contributed by atoms with Crippen molar-refractivity contribution in [2.45, 2.75) is 6.92 Å². The lowest BCUT2D eigenvalue weighted by molar-refractivity contribution is 0.0601. The summed E-state index contributed by atoms with van der Waals surface area (Å²) in [5.41, 5.74) is 5.31. The van der Waals surface area contributed by atoms with Crippen LogP contribution >= 0.6 is 0 Å². The van der Waals surface area contributed by atoms with Gasteiger partial charge in [0.1, 0.15) is 0 Å². The van der Waals surface area contributed by atoms with Gasteiger partial charge in [0.15, 0.2) is 0 Å². The molecule has 0 atom stereocenters. The number of nitrogens with one attached hydrogen (secondary N) is 1. The van der Waals surface area contributed by atoms with Crippen molar-refractivity contribution in [3.63, 3.8) is 0 Å². The monoisotopic (exact) mass is 353 g/mol. The van der Waals surface area contributed by atoms with Crippen molar-refractivity contribution >= 4 is 11.7 Å². The van der Waals surface area contributed by atoms with E-state index >= 15 is 0 Å². The Morgan fingerprint density at radius 3 is 2.15 bits per heavy atom. The first-order valence-corrected chi connectivity index (χ1v) is 8.54. The first kappa shape index (κ1) is 18.2. The van der Waals surface area contributed by atoms with Crippen LogP contribution in [0, 0.1) is 17.3 Å². The van der Waals surface area contributed by atoms with Gasteiger partial charge < -0.3 is 10.1 Å². The molecule has 0 unspecified atom stereocenters. The molecule has 3 aromatic carbocycles. The molecule has 0 fully saturated rings. The van der Waals surface area contributed by atoms with Gasteiger partial charge in [-0.2, -0.15) is 0 Å². The van der Waals surface area contributed by atoms with E-state index < -0.39 is 0 Å². The summed E-state index contributed by atoms with van der Waals surface area (Å²) in [6.07, 6.45) is 0. The lowest BCUT2D eigenvalue weighted by Crippen LogP contribution is -2.03. The molecule has 0 spiro atoms. The number of rotatable bonds is 3. The number of esters is 1. The summed E-state index contributed by atoms with van der Waals surface area (Å²) in [6.45, 7) is 1.76. The van der Waals surface area contributed by atoms with Crippen molar-refractivity contribution in [3.8, 4) is 23.0 Å². The van der Waals surface area contributed by atoms with Crippen LogP contribution in [-0.2, 0) is 4.74 Å². The molecule has 3 heteroatoms. The van der Waals surface area contributed by atoms with Crippen LogP contribution in [0.3, 0.4) is 0 Å². The molecular formula is C24H19NO2. The Labute approximate surface area is 159 Å². The highest BCUT2D eigenvalue weighted by Gasteiger charge is 2.14. The topological polar surface area (TPSA) is 50.2 Å². The third-order valence-corrected chi connectivity index (χ3v) is 4.21. The summed E-state index contributed by atoms with van der Waals surface area (Å²) in [7, 11) is 1.38. The average molecular weight is 353 g/mol. The minimum atomic E-state index is -0.369. The largest absolute Gasteiger partial charge is 0.465 e. The van der Waals surface area contributed by atoms with E-state index in [0.29, 0.717) is 11.3 Å². The van der Waals surface area contributed by atoms with Crippen LogP contribution in [0.5, 0.6) is 0 Å². The quantitative estimate of drug-likeness (QED) is 0.412. The molecule has 0 bridgehead atoms. The second kappa shape index (κ2) is 8.16. The third-order valence-electron chi connectivity index (χ3n) is 4.21. The summed E-state index contributed by atoms with van der Waals surface area (Å²) < 4.78 is 4.91. The molecule has 0 radical (unpaired) electrons. The van der Waals surface area contributed by atoms with E-state index in [-0.39, 0.29) is 5.97 Å². The Balaban J connectivity index is 2.02.